The Morgan fingerprint density at radius 1 is 1.03 bits per heavy atom. The van der Waals surface area contributed by atoms with E-state index >= 15 is 0 Å². The van der Waals surface area contributed by atoms with Crippen molar-refractivity contribution in [2.75, 3.05) is 23.1 Å². The summed E-state index contributed by atoms with van der Waals surface area (Å²) < 4.78 is 27.8. The van der Waals surface area contributed by atoms with Crippen molar-refractivity contribution in [3.8, 4) is 0 Å². The number of para-hydroxylation sites is 1. The molecule has 0 aliphatic carbocycles. The lowest BCUT2D eigenvalue weighted by Gasteiger charge is -2.38. The highest BCUT2D eigenvalue weighted by molar-refractivity contribution is 7.92. The third kappa shape index (κ3) is 4.65. The molecule has 1 aliphatic heterocycles. The van der Waals surface area contributed by atoms with Crippen molar-refractivity contribution in [3.63, 3.8) is 0 Å². The van der Waals surface area contributed by atoms with Crippen molar-refractivity contribution >= 4 is 44.2 Å². The first-order valence-corrected chi connectivity index (χ1v) is 12.8. The minimum atomic E-state index is -3.86. The molecule has 0 radical (unpaired) electrons. The van der Waals surface area contributed by atoms with Crippen LogP contribution in [0, 0.1) is 19.8 Å². The summed E-state index contributed by atoms with van der Waals surface area (Å²) >= 11 is 0. The Bertz CT molecular complexity index is 1550. The van der Waals surface area contributed by atoms with Gasteiger partial charge in [-0.1, -0.05) is 18.2 Å². The smallest absolute Gasteiger partial charge is 0.263 e. The lowest BCUT2D eigenvalue weighted by Crippen LogP contribution is -2.54. The van der Waals surface area contributed by atoms with Crippen LogP contribution < -0.4 is 10.0 Å². The van der Waals surface area contributed by atoms with Crippen LogP contribution in [0.1, 0.15) is 21.9 Å². The van der Waals surface area contributed by atoms with Crippen molar-refractivity contribution in [2.24, 2.45) is 5.92 Å². The molecule has 2 aromatic carbocycles. The molecule has 3 N–H and O–H groups in total. The number of carbonyl (C=O) groups excluding carboxylic acids is 2. The number of aromatic amines is 1. The van der Waals surface area contributed by atoms with Gasteiger partial charge in [0.15, 0.2) is 0 Å². The number of nitrogens with one attached hydrogen (secondary N) is 3. The number of aromatic nitrogens is 3. The minimum absolute atomic E-state index is 0.0357. The fourth-order valence-corrected chi connectivity index (χ4v) is 5.15. The number of H-pyrrole nitrogens is 1. The molecule has 0 spiro atoms. The standard InChI is InChI=1S/C25H24N6O4S/c1-15-11-23(28-16(2)27-15)30-36(34,35)19-9-7-18(8-10-19)29-24(32)17-13-31(14-17)25(33)21-12-26-22-6-4-3-5-20(21)22/h3-12,17,26H,13-14H2,1-2H3,(H,29,32)(H,27,28,30). The second kappa shape index (κ2) is 9.08. The lowest BCUT2D eigenvalue weighted by atomic mass is 9.97. The van der Waals surface area contributed by atoms with E-state index in [1.54, 1.807) is 31.0 Å². The van der Waals surface area contributed by atoms with E-state index < -0.39 is 10.0 Å². The van der Waals surface area contributed by atoms with Gasteiger partial charge in [0, 0.05) is 47.6 Å². The molecule has 3 heterocycles. The lowest BCUT2D eigenvalue weighted by molar-refractivity contribution is -0.123. The zero-order chi connectivity index (χ0) is 25.4. The summed E-state index contributed by atoms with van der Waals surface area (Å²) in [7, 11) is -3.86. The van der Waals surface area contributed by atoms with Gasteiger partial charge in [-0.25, -0.2) is 18.4 Å². The Labute approximate surface area is 207 Å². The first kappa shape index (κ1) is 23.5. The van der Waals surface area contributed by atoms with Gasteiger partial charge in [-0.2, -0.15) is 0 Å². The average molecular weight is 505 g/mol. The van der Waals surface area contributed by atoms with Crippen molar-refractivity contribution in [1.29, 1.82) is 0 Å². The Kier molecular flexibility index (Phi) is 5.92. The average Bonchev–Trinajstić information content (AvgIpc) is 3.21. The number of amides is 2. The van der Waals surface area contributed by atoms with Gasteiger partial charge in [-0.3, -0.25) is 14.3 Å². The number of benzene rings is 2. The Morgan fingerprint density at radius 2 is 1.75 bits per heavy atom. The summed E-state index contributed by atoms with van der Waals surface area (Å²) in [6, 6.07) is 15.0. The second-order valence-electron chi connectivity index (χ2n) is 8.72. The van der Waals surface area contributed by atoms with Gasteiger partial charge in [0.25, 0.3) is 15.9 Å². The number of carbonyl (C=O) groups is 2. The highest BCUT2D eigenvalue weighted by Gasteiger charge is 2.36. The van der Waals surface area contributed by atoms with Gasteiger partial charge < -0.3 is 15.2 Å². The molecule has 4 aromatic rings. The molecule has 2 aromatic heterocycles. The van der Waals surface area contributed by atoms with E-state index in [-0.39, 0.29) is 28.4 Å². The number of hydrogen-bond acceptors (Lipinski definition) is 6. The summed E-state index contributed by atoms with van der Waals surface area (Å²) in [6.07, 6.45) is 1.69. The number of aryl methyl sites for hydroxylation is 2. The van der Waals surface area contributed by atoms with Crippen LogP contribution in [0.3, 0.4) is 0 Å². The van der Waals surface area contributed by atoms with E-state index in [0.29, 0.717) is 35.9 Å². The topological polar surface area (TPSA) is 137 Å². The SMILES string of the molecule is Cc1cc(NS(=O)(=O)c2ccc(NC(=O)C3CN(C(=O)c4c[nH]c5ccccc45)C3)cc2)nc(C)n1. The molecular weight excluding hydrogens is 480 g/mol. The highest BCUT2D eigenvalue weighted by Crippen LogP contribution is 2.25. The number of nitrogens with zero attached hydrogens (tertiary/aromatic N) is 3. The number of fused-ring (bicyclic) bond motifs is 1. The Hall–Kier alpha value is -4.25. The molecule has 5 rings (SSSR count). The summed E-state index contributed by atoms with van der Waals surface area (Å²) in [6.45, 7) is 4.07. The molecular formula is C25H24N6O4S. The Balaban J connectivity index is 1.18. The molecule has 0 unspecified atom stereocenters. The summed E-state index contributed by atoms with van der Waals surface area (Å²) in [4.78, 5) is 38.5. The molecule has 0 bridgehead atoms. The summed E-state index contributed by atoms with van der Waals surface area (Å²) in [5.41, 5.74) is 2.59. The number of rotatable bonds is 6. The largest absolute Gasteiger partial charge is 0.360 e. The third-order valence-corrected chi connectivity index (χ3v) is 7.37. The fraction of sp³-hybridized carbons (Fsp3) is 0.200. The molecule has 2 amide bonds. The summed E-state index contributed by atoms with van der Waals surface area (Å²) in [5, 5.41) is 3.64. The maximum Gasteiger partial charge on any atom is 0.263 e. The van der Waals surface area contributed by atoms with Gasteiger partial charge in [-0.05, 0) is 44.2 Å². The first-order chi connectivity index (χ1) is 17.2. The second-order valence-corrected chi connectivity index (χ2v) is 10.4. The fourth-order valence-electron chi connectivity index (χ4n) is 4.16. The van der Waals surface area contributed by atoms with E-state index in [1.807, 2.05) is 24.3 Å². The maximum absolute atomic E-state index is 12.8. The van der Waals surface area contributed by atoms with Crippen LogP contribution in [0.15, 0.2) is 65.7 Å². The van der Waals surface area contributed by atoms with Crippen molar-refractivity contribution in [1.82, 2.24) is 19.9 Å². The Morgan fingerprint density at radius 3 is 2.47 bits per heavy atom. The molecule has 184 valence electrons. The number of sulfonamides is 1. The van der Waals surface area contributed by atoms with Crippen LogP contribution in [-0.4, -0.2) is 53.2 Å². The van der Waals surface area contributed by atoms with E-state index in [9.17, 15) is 18.0 Å². The molecule has 10 nitrogen and oxygen atoms in total. The minimum Gasteiger partial charge on any atom is -0.360 e. The van der Waals surface area contributed by atoms with Crippen LogP contribution >= 0.6 is 0 Å². The normalized spacial score (nSPS) is 13.9. The quantitative estimate of drug-likeness (QED) is 0.369. The van der Waals surface area contributed by atoms with Gasteiger partial charge >= 0.3 is 0 Å². The first-order valence-electron chi connectivity index (χ1n) is 11.3. The predicted octanol–water partition coefficient (Wildman–Crippen LogP) is 3.09. The number of hydrogen-bond donors (Lipinski definition) is 3. The zero-order valence-electron chi connectivity index (χ0n) is 19.6. The monoisotopic (exact) mass is 504 g/mol. The molecule has 36 heavy (non-hydrogen) atoms. The molecule has 1 aliphatic rings. The zero-order valence-corrected chi connectivity index (χ0v) is 20.5. The third-order valence-electron chi connectivity index (χ3n) is 6.00. The number of anilines is 2. The van der Waals surface area contributed by atoms with E-state index in [2.05, 4.69) is 25.0 Å². The van der Waals surface area contributed by atoms with Crippen molar-refractivity contribution in [3.05, 3.63) is 77.9 Å². The van der Waals surface area contributed by atoms with Gasteiger partial charge in [0.1, 0.15) is 11.6 Å². The van der Waals surface area contributed by atoms with Gasteiger partial charge in [-0.15, -0.1) is 0 Å². The van der Waals surface area contributed by atoms with Crippen LogP contribution in [0.25, 0.3) is 10.9 Å². The highest BCUT2D eigenvalue weighted by atomic mass is 32.2. The number of likely N-dealkylation sites (tertiary alicyclic amines) is 1. The van der Waals surface area contributed by atoms with Crippen molar-refractivity contribution in [2.45, 2.75) is 18.7 Å². The maximum atomic E-state index is 12.8. The molecule has 0 saturated carbocycles. The molecule has 1 saturated heterocycles. The van der Waals surface area contributed by atoms with Crippen LogP contribution in [0.2, 0.25) is 0 Å². The van der Waals surface area contributed by atoms with E-state index in [1.165, 1.54) is 24.3 Å². The van der Waals surface area contributed by atoms with E-state index in [0.717, 1.165) is 10.9 Å². The van der Waals surface area contributed by atoms with Gasteiger partial charge in [0.2, 0.25) is 5.91 Å². The van der Waals surface area contributed by atoms with Crippen molar-refractivity contribution < 1.29 is 18.0 Å². The van der Waals surface area contributed by atoms with Gasteiger partial charge in [0.05, 0.1) is 16.4 Å². The molecule has 11 heteroatoms. The molecule has 0 atom stereocenters. The van der Waals surface area contributed by atoms with Crippen LogP contribution in [-0.2, 0) is 14.8 Å². The van der Waals surface area contributed by atoms with Crippen LogP contribution in [0.5, 0.6) is 0 Å². The summed E-state index contributed by atoms with van der Waals surface area (Å²) in [5.74, 6) is -0.0303. The van der Waals surface area contributed by atoms with Crippen LogP contribution in [0.4, 0.5) is 11.5 Å². The predicted molar refractivity (Wildman–Crippen MR) is 135 cm³/mol. The van der Waals surface area contributed by atoms with E-state index in [4.69, 9.17) is 0 Å². The molecule has 1 fully saturated rings.